The highest BCUT2D eigenvalue weighted by Gasteiger charge is 2.32. The first-order chi connectivity index (χ1) is 18.6. The number of benzene rings is 2. The van der Waals surface area contributed by atoms with Gasteiger partial charge in [-0.2, -0.15) is 0 Å². The summed E-state index contributed by atoms with van der Waals surface area (Å²) in [6.07, 6.45) is 17.7. The molecule has 5 rings (SSSR count). The average Bonchev–Trinajstić information content (AvgIpc) is 3.72. The summed E-state index contributed by atoms with van der Waals surface area (Å²) >= 11 is 0. The summed E-state index contributed by atoms with van der Waals surface area (Å²) in [4.78, 5) is 5.18. The van der Waals surface area contributed by atoms with Gasteiger partial charge in [-0.15, -0.1) is 12.3 Å². The summed E-state index contributed by atoms with van der Waals surface area (Å²) in [6, 6.07) is 17.7. The van der Waals surface area contributed by atoms with Crippen molar-refractivity contribution in [1.29, 1.82) is 0 Å². The Morgan fingerprint density at radius 1 is 1.11 bits per heavy atom. The molecule has 38 heavy (non-hydrogen) atoms. The van der Waals surface area contributed by atoms with Crippen LogP contribution in [0.5, 0.6) is 0 Å². The number of allylic oxidation sites excluding steroid dienone is 5. The number of aryl methyl sites for hydroxylation is 2. The van der Waals surface area contributed by atoms with Crippen LogP contribution >= 0.6 is 0 Å². The maximum atomic E-state index is 6.38. The van der Waals surface area contributed by atoms with Crippen molar-refractivity contribution in [3.63, 3.8) is 0 Å². The van der Waals surface area contributed by atoms with Crippen LogP contribution in [0.4, 0.5) is 0 Å². The number of ether oxygens (including phenoxy) is 1. The van der Waals surface area contributed by atoms with Gasteiger partial charge in [-0.3, -0.25) is 4.90 Å². The molecule has 3 nitrogen and oxygen atoms in total. The van der Waals surface area contributed by atoms with Gasteiger partial charge in [0.05, 0.1) is 6.61 Å². The Labute approximate surface area is 230 Å². The van der Waals surface area contributed by atoms with Gasteiger partial charge in [0, 0.05) is 44.8 Å². The van der Waals surface area contributed by atoms with E-state index in [1.54, 1.807) is 5.57 Å². The van der Waals surface area contributed by atoms with E-state index < -0.39 is 0 Å². The molecular formula is C35H43N2O. The summed E-state index contributed by atoms with van der Waals surface area (Å²) in [5.74, 6) is 2.47. The molecule has 3 heteroatoms. The average molecular weight is 508 g/mol. The zero-order valence-electron chi connectivity index (χ0n) is 23.5. The van der Waals surface area contributed by atoms with Crippen molar-refractivity contribution in [2.24, 2.45) is 0 Å². The van der Waals surface area contributed by atoms with Crippen molar-refractivity contribution in [3.05, 3.63) is 112 Å². The SMILES string of the molecule is C#C[CH]CC1=CC=C1.CCCN(Cc1ccc(C)c(C)c1)C(=C1CC1)C1CN(Cc2ccccc2)CCO1. The van der Waals surface area contributed by atoms with Crippen LogP contribution in [-0.2, 0) is 17.8 Å². The van der Waals surface area contributed by atoms with Crippen LogP contribution in [-0.4, -0.2) is 42.1 Å². The fraction of sp³-hybridized carbons (Fsp3) is 0.400. The number of terminal acetylenes is 1. The van der Waals surface area contributed by atoms with E-state index in [-0.39, 0.29) is 6.10 Å². The molecule has 0 aromatic heterocycles. The van der Waals surface area contributed by atoms with E-state index in [0.29, 0.717) is 0 Å². The molecular weight excluding hydrogens is 464 g/mol. The molecule has 1 saturated carbocycles. The summed E-state index contributed by atoms with van der Waals surface area (Å²) in [5.41, 5.74) is 9.96. The van der Waals surface area contributed by atoms with Gasteiger partial charge in [0.1, 0.15) is 6.10 Å². The van der Waals surface area contributed by atoms with Gasteiger partial charge in [-0.25, -0.2) is 0 Å². The molecule has 0 amide bonds. The molecule has 0 spiro atoms. The first-order valence-corrected chi connectivity index (χ1v) is 14.1. The summed E-state index contributed by atoms with van der Waals surface area (Å²) in [6.45, 7) is 12.6. The number of morpholine rings is 1. The molecule has 1 saturated heterocycles. The van der Waals surface area contributed by atoms with Gasteiger partial charge in [-0.05, 0) is 72.9 Å². The molecule has 1 unspecified atom stereocenters. The predicted octanol–water partition coefficient (Wildman–Crippen LogP) is 7.17. The van der Waals surface area contributed by atoms with E-state index in [1.807, 2.05) is 12.5 Å². The fourth-order valence-electron chi connectivity index (χ4n) is 5.05. The Morgan fingerprint density at radius 2 is 1.89 bits per heavy atom. The Bertz CT molecular complexity index is 1180. The minimum Gasteiger partial charge on any atom is -0.369 e. The Kier molecular flexibility index (Phi) is 10.4. The maximum absolute atomic E-state index is 6.38. The van der Waals surface area contributed by atoms with Crippen molar-refractivity contribution >= 4 is 0 Å². The van der Waals surface area contributed by atoms with Gasteiger partial charge in [0.15, 0.2) is 0 Å². The normalized spacial score (nSPS) is 18.0. The van der Waals surface area contributed by atoms with Crippen molar-refractivity contribution in [2.75, 3.05) is 26.2 Å². The van der Waals surface area contributed by atoms with Crippen LogP contribution in [0.2, 0.25) is 0 Å². The topological polar surface area (TPSA) is 15.7 Å². The zero-order valence-corrected chi connectivity index (χ0v) is 23.5. The molecule has 2 fully saturated rings. The molecule has 199 valence electrons. The number of rotatable bonds is 10. The first kappa shape index (κ1) is 28.0. The summed E-state index contributed by atoms with van der Waals surface area (Å²) in [5, 5.41) is 0. The van der Waals surface area contributed by atoms with Crippen molar-refractivity contribution in [1.82, 2.24) is 9.80 Å². The lowest BCUT2D eigenvalue weighted by molar-refractivity contribution is -0.0258. The van der Waals surface area contributed by atoms with E-state index in [9.17, 15) is 0 Å². The first-order valence-electron chi connectivity index (χ1n) is 14.1. The quantitative estimate of drug-likeness (QED) is 0.317. The smallest absolute Gasteiger partial charge is 0.110 e. The molecule has 2 aliphatic carbocycles. The van der Waals surface area contributed by atoms with E-state index >= 15 is 0 Å². The lowest BCUT2D eigenvalue weighted by Crippen LogP contribution is -2.46. The van der Waals surface area contributed by atoms with Crippen molar-refractivity contribution in [2.45, 2.75) is 65.6 Å². The van der Waals surface area contributed by atoms with E-state index in [4.69, 9.17) is 11.2 Å². The zero-order chi connectivity index (χ0) is 26.7. The molecule has 3 aliphatic rings. The molecule has 2 aromatic carbocycles. The summed E-state index contributed by atoms with van der Waals surface area (Å²) in [7, 11) is 0. The second kappa shape index (κ2) is 14.2. The highest BCUT2D eigenvalue weighted by atomic mass is 16.5. The van der Waals surface area contributed by atoms with Gasteiger partial charge < -0.3 is 9.64 Å². The van der Waals surface area contributed by atoms with Gasteiger partial charge in [0.2, 0.25) is 0 Å². The van der Waals surface area contributed by atoms with Crippen LogP contribution < -0.4 is 0 Å². The van der Waals surface area contributed by atoms with Gasteiger partial charge >= 0.3 is 0 Å². The predicted molar refractivity (Wildman–Crippen MR) is 159 cm³/mol. The highest BCUT2D eigenvalue weighted by Crippen LogP contribution is 2.37. The summed E-state index contributed by atoms with van der Waals surface area (Å²) < 4.78 is 6.38. The van der Waals surface area contributed by atoms with E-state index in [1.165, 1.54) is 46.4 Å². The Hall–Kier alpha value is -3.06. The van der Waals surface area contributed by atoms with E-state index in [2.05, 4.69) is 97.2 Å². The molecule has 1 atom stereocenters. The molecule has 2 aromatic rings. The monoisotopic (exact) mass is 507 g/mol. The van der Waals surface area contributed by atoms with Gasteiger partial charge in [-0.1, -0.05) is 73.7 Å². The van der Waals surface area contributed by atoms with Crippen LogP contribution in [0, 0.1) is 32.6 Å². The minimum absolute atomic E-state index is 0.193. The van der Waals surface area contributed by atoms with Crippen LogP contribution in [0.15, 0.2) is 83.6 Å². The second-order valence-corrected chi connectivity index (χ2v) is 10.6. The van der Waals surface area contributed by atoms with Gasteiger partial charge in [0.25, 0.3) is 0 Å². The fourth-order valence-corrected chi connectivity index (χ4v) is 5.05. The standard InChI is InChI=1S/C27H36N2O.C8H7/c1-4-14-29(19-24-11-10-21(2)22(3)17-24)27(25-12-13-25)26-20-28(15-16-30-26)18-23-8-6-5-7-9-23;1-2-3-5-8-6-4-7-8/h5-11,17,26H,4,12-16,18-20H2,1-3H3;1,3-4,6-7H,5H2. The third kappa shape index (κ3) is 8.22. The molecule has 1 radical (unpaired) electrons. The third-order valence-corrected chi connectivity index (χ3v) is 7.42. The Balaban J connectivity index is 0.000000360. The number of nitrogens with zero attached hydrogens (tertiary/aromatic N) is 2. The molecule has 0 bridgehead atoms. The minimum atomic E-state index is 0.193. The van der Waals surface area contributed by atoms with Crippen LogP contribution in [0.25, 0.3) is 0 Å². The van der Waals surface area contributed by atoms with Crippen LogP contribution in [0.1, 0.15) is 54.9 Å². The third-order valence-electron chi connectivity index (χ3n) is 7.42. The largest absolute Gasteiger partial charge is 0.369 e. The molecule has 1 aliphatic heterocycles. The number of hydrogen-bond acceptors (Lipinski definition) is 3. The highest BCUT2D eigenvalue weighted by molar-refractivity contribution is 5.37. The lowest BCUT2D eigenvalue weighted by atomic mass is 10.0. The molecule has 1 heterocycles. The number of hydrogen-bond donors (Lipinski definition) is 0. The lowest BCUT2D eigenvalue weighted by Gasteiger charge is -2.39. The van der Waals surface area contributed by atoms with E-state index in [0.717, 1.165) is 52.2 Å². The second-order valence-electron chi connectivity index (χ2n) is 10.6. The molecule has 0 N–H and O–H groups in total. The van der Waals surface area contributed by atoms with Crippen molar-refractivity contribution in [3.8, 4) is 12.3 Å². The van der Waals surface area contributed by atoms with Crippen molar-refractivity contribution < 1.29 is 4.74 Å². The Morgan fingerprint density at radius 3 is 2.53 bits per heavy atom. The van der Waals surface area contributed by atoms with Crippen LogP contribution in [0.3, 0.4) is 0 Å². The maximum Gasteiger partial charge on any atom is 0.110 e.